The summed E-state index contributed by atoms with van der Waals surface area (Å²) in [6, 6.07) is 5.39. The highest BCUT2D eigenvalue weighted by molar-refractivity contribution is 5.90. The van der Waals surface area contributed by atoms with Crippen molar-refractivity contribution >= 4 is 11.7 Å². The van der Waals surface area contributed by atoms with Gasteiger partial charge in [-0.15, -0.1) is 0 Å². The molecule has 5 nitrogen and oxygen atoms in total. The van der Waals surface area contributed by atoms with Crippen LogP contribution in [0.4, 0.5) is 10.5 Å². The highest BCUT2D eigenvalue weighted by Gasteiger charge is 2.28. The maximum absolute atomic E-state index is 12.2. The maximum atomic E-state index is 12.2. The molecule has 0 aromatic heterocycles. The Labute approximate surface area is 119 Å². The molecule has 1 aliphatic rings. The number of anilines is 1. The number of nitrogens with one attached hydrogen (secondary N) is 1. The number of benzene rings is 1. The Morgan fingerprint density at radius 3 is 3.00 bits per heavy atom. The van der Waals surface area contributed by atoms with Gasteiger partial charge in [0.25, 0.3) is 0 Å². The van der Waals surface area contributed by atoms with Crippen molar-refractivity contribution in [1.82, 2.24) is 4.90 Å². The lowest BCUT2D eigenvalue weighted by atomic mass is 10.2. The first-order valence-corrected chi connectivity index (χ1v) is 7.07. The third-order valence-electron chi connectivity index (χ3n) is 3.57. The smallest absolute Gasteiger partial charge is 0.322 e. The van der Waals surface area contributed by atoms with Gasteiger partial charge in [0.05, 0.1) is 19.3 Å². The van der Waals surface area contributed by atoms with Crippen LogP contribution in [0.1, 0.15) is 25.3 Å². The predicted octanol–water partition coefficient (Wildman–Crippen LogP) is 2.38. The number of aliphatic hydroxyl groups excluding tert-OH is 1. The summed E-state index contributed by atoms with van der Waals surface area (Å²) in [4.78, 5) is 13.9. The molecule has 1 aromatic rings. The number of aliphatic hydroxyl groups is 1. The van der Waals surface area contributed by atoms with Crippen LogP contribution in [0.3, 0.4) is 0 Å². The molecular weight excluding hydrogens is 256 g/mol. The molecule has 20 heavy (non-hydrogen) atoms. The van der Waals surface area contributed by atoms with Crippen molar-refractivity contribution in [1.29, 1.82) is 0 Å². The molecule has 2 rings (SSSR count). The lowest BCUT2D eigenvalue weighted by Gasteiger charge is -2.23. The van der Waals surface area contributed by atoms with Gasteiger partial charge in [0.1, 0.15) is 5.75 Å². The molecule has 110 valence electrons. The van der Waals surface area contributed by atoms with Gasteiger partial charge in [0.2, 0.25) is 0 Å². The van der Waals surface area contributed by atoms with Gasteiger partial charge in [-0.05, 0) is 50.5 Å². The van der Waals surface area contributed by atoms with Gasteiger partial charge >= 0.3 is 6.03 Å². The Morgan fingerprint density at radius 2 is 2.35 bits per heavy atom. The van der Waals surface area contributed by atoms with Crippen LogP contribution in [0.5, 0.6) is 5.75 Å². The van der Waals surface area contributed by atoms with Crippen molar-refractivity contribution in [3.05, 3.63) is 23.8 Å². The molecule has 0 radical (unpaired) electrons. The average Bonchev–Trinajstić information content (AvgIpc) is 2.90. The SMILES string of the molecule is CCOc1ccc(NC(=O)N2CCC[C@H]2CO)cc1C. The van der Waals surface area contributed by atoms with E-state index in [1.807, 2.05) is 32.0 Å². The third-order valence-corrected chi connectivity index (χ3v) is 3.57. The first kappa shape index (κ1) is 14.7. The molecule has 0 aliphatic carbocycles. The molecule has 1 aliphatic heterocycles. The number of hydrogen-bond donors (Lipinski definition) is 2. The Kier molecular flexibility index (Phi) is 4.84. The van der Waals surface area contributed by atoms with E-state index in [1.54, 1.807) is 4.90 Å². The van der Waals surface area contributed by atoms with Crippen molar-refractivity contribution in [2.75, 3.05) is 25.1 Å². The molecule has 2 N–H and O–H groups in total. The molecule has 0 bridgehead atoms. The summed E-state index contributed by atoms with van der Waals surface area (Å²) in [6.45, 7) is 5.24. The molecule has 0 saturated carbocycles. The van der Waals surface area contributed by atoms with Gasteiger partial charge < -0.3 is 20.1 Å². The monoisotopic (exact) mass is 278 g/mol. The summed E-state index contributed by atoms with van der Waals surface area (Å²) in [5.74, 6) is 0.833. The lowest BCUT2D eigenvalue weighted by Crippen LogP contribution is -2.40. The summed E-state index contributed by atoms with van der Waals surface area (Å²) in [7, 11) is 0. The minimum absolute atomic E-state index is 0.0235. The zero-order valence-electron chi connectivity index (χ0n) is 12.1. The van der Waals surface area contributed by atoms with Crippen molar-refractivity contribution < 1.29 is 14.6 Å². The number of carbonyl (C=O) groups is 1. The summed E-state index contributed by atoms with van der Waals surface area (Å²) in [5.41, 5.74) is 1.74. The second kappa shape index (κ2) is 6.61. The van der Waals surface area contributed by atoms with Crippen LogP contribution in [0.15, 0.2) is 18.2 Å². The number of rotatable bonds is 4. The Balaban J connectivity index is 2.02. The highest BCUT2D eigenvalue weighted by Crippen LogP contribution is 2.23. The fraction of sp³-hybridized carbons (Fsp3) is 0.533. The predicted molar refractivity (Wildman–Crippen MR) is 78.2 cm³/mol. The minimum Gasteiger partial charge on any atom is -0.494 e. The summed E-state index contributed by atoms with van der Waals surface area (Å²) < 4.78 is 5.47. The zero-order chi connectivity index (χ0) is 14.5. The van der Waals surface area contributed by atoms with Gasteiger partial charge in [-0.3, -0.25) is 0 Å². The molecule has 2 amide bonds. The van der Waals surface area contributed by atoms with Gasteiger partial charge in [-0.2, -0.15) is 0 Å². The second-order valence-electron chi connectivity index (χ2n) is 5.02. The van der Waals surface area contributed by atoms with Crippen LogP contribution in [0.25, 0.3) is 0 Å². The van der Waals surface area contributed by atoms with Crippen molar-refractivity contribution in [2.45, 2.75) is 32.7 Å². The first-order valence-electron chi connectivity index (χ1n) is 7.07. The standard InChI is InChI=1S/C15H22N2O3/c1-3-20-14-7-6-12(9-11(14)2)16-15(19)17-8-4-5-13(17)10-18/h6-7,9,13,18H,3-5,8,10H2,1-2H3,(H,16,19)/t13-/m0/s1. The highest BCUT2D eigenvalue weighted by atomic mass is 16.5. The van der Waals surface area contributed by atoms with E-state index in [0.717, 1.165) is 29.8 Å². The summed E-state index contributed by atoms with van der Waals surface area (Å²) in [6.07, 6.45) is 1.81. The molecule has 0 unspecified atom stereocenters. The molecule has 1 atom stereocenters. The Bertz CT molecular complexity index is 476. The Hall–Kier alpha value is -1.75. The first-order chi connectivity index (χ1) is 9.65. The van der Waals surface area contributed by atoms with Crippen LogP contribution in [0.2, 0.25) is 0 Å². The van der Waals surface area contributed by atoms with Crippen LogP contribution in [0, 0.1) is 6.92 Å². The molecule has 1 aromatic carbocycles. The minimum atomic E-state index is -0.148. The van der Waals surface area contributed by atoms with E-state index in [1.165, 1.54) is 0 Å². The van der Waals surface area contributed by atoms with Crippen LogP contribution >= 0.6 is 0 Å². The van der Waals surface area contributed by atoms with Crippen LogP contribution in [-0.2, 0) is 0 Å². The normalized spacial score (nSPS) is 18.1. The molecule has 1 fully saturated rings. The maximum Gasteiger partial charge on any atom is 0.322 e. The lowest BCUT2D eigenvalue weighted by molar-refractivity contribution is 0.166. The van der Waals surface area contributed by atoms with Gasteiger partial charge in [0, 0.05) is 12.2 Å². The van der Waals surface area contributed by atoms with E-state index in [2.05, 4.69) is 5.32 Å². The molecule has 1 saturated heterocycles. The molecular formula is C15H22N2O3. The number of ether oxygens (including phenoxy) is 1. The summed E-state index contributed by atoms with van der Waals surface area (Å²) >= 11 is 0. The van der Waals surface area contributed by atoms with Gasteiger partial charge in [-0.25, -0.2) is 4.79 Å². The van der Waals surface area contributed by atoms with Gasteiger partial charge in [-0.1, -0.05) is 0 Å². The van der Waals surface area contributed by atoms with Gasteiger partial charge in [0.15, 0.2) is 0 Å². The number of hydrogen-bond acceptors (Lipinski definition) is 3. The van der Waals surface area contributed by atoms with E-state index >= 15 is 0 Å². The molecule has 0 spiro atoms. The van der Waals surface area contributed by atoms with Crippen molar-refractivity contribution in [3.63, 3.8) is 0 Å². The zero-order valence-corrected chi connectivity index (χ0v) is 12.1. The number of amides is 2. The van der Waals surface area contributed by atoms with E-state index in [0.29, 0.717) is 13.2 Å². The van der Waals surface area contributed by atoms with E-state index in [-0.39, 0.29) is 18.7 Å². The molecule has 1 heterocycles. The number of carbonyl (C=O) groups excluding carboxylic acids is 1. The Morgan fingerprint density at radius 1 is 1.55 bits per heavy atom. The van der Waals surface area contributed by atoms with E-state index < -0.39 is 0 Å². The number of likely N-dealkylation sites (tertiary alicyclic amines) is 1. The number of urea groups is 1. The average molecular weight is 278 g/mol. The second-order valence-corrected chi connectivity index (χ2v) is 5.02. The summed E-state index contributed by atoms with van der Waals surface area (Å²) in [5, 5.41) is 12.1. The largest absolute Gasteiger partial charge is 0.494 e. The fourth-order valence-corrected chi connectivity index (χ4v) is 2.53. The third kappa shape index (κ3) is 3.22. The number of aryl methyl sites for hydroxylation is 1. The van der Waals surface area contributed by atoms with Crippen LogP contribution < -0.4 is 10.1 Å². The van der Waals surface area contributed by atoms with Crippen LogP contribution in [-0.4, -0.2) is 41.8 Å². The quantitative estimate of drug-likeness (QED) is 0.889. The van der Waals surface area contributed by atoms with E-state index in [4.69, 9.17) is 4.74 Å². The fourth-order valence-electron chi connectivity index (χ4n) is 2.53. The van der Waals surface area contributed by atoms with Crippen molar-refractivity contribution in [3.8, 4) is 5.75 Å². The van der Waals surface area contributed by atoms with Crippen molar-refractivity contribution in [2.24, 2.45) is 0 Å². The van der Waals surface area contributed by atoms with E-state index in [9.17, 15) is 9.90 Å². The molecule has 5 heteroatoms. The topological polar surface area (TPSA) is 61.8 Å². The number of nitrogens with zero attached hydrogens (tertiary/aromatic N) is 1.